The lowest BCUT2D eigenvalue weighted by atomic mass is 9.81. The van der Waals surface area contributed by atoms with E-state index >= 15 is 0 Å². The number of nitrogens with one attached hydrogen (secondary N) is 3. The second-order valence-corrected chi connectivity index (χ2v) is 9.38. The fourth-order valence-corrected chi connectivity index (χ4v) is 4.90. The van der Waals surface area contributed by atoms with Crippen molar-refractivity contribution in [2.24, 2.45) is 11.8 Å². The summed E-state index contributed by atoms with van der Waals surface area (Å²) in [6.45, 7) is 0.303. The van der Waals surface area contributed by atoms with Gasteiger partial charge in [-0.05, 0) is 68.0 Å². The van der Waals surface area contributed by atoms with Crippen molar-refractivity contribution in [2.45, 2.75) is 30.6 Å². The molecule has 1 aliphatic carbocycles. The number of nitrogens with zero attached hydrogens (tertiary/aromatic N) is 1. The summed E-state index contributed by atoms with van der Waals surface area (Å²) >= 11 is 0. The average molecular weight is 431 g/mol. The van der Waals surface area contributed by atoms with Gasteiger partial charge in [0.15, 0.2) is 0 Å². The third kappa shape index (κ3) is 4.68. The van der Waals surface area contributed by atoms with Crippen LogP contribution in [0.3, 0.4) is 0 Å². The van der Waals surface area contributed by atoms with Gasteiger partial charge in [0.2, 0.25) is 21.9 Å². The number of halogens is 1. The second kappa shape index (κ2) is 8.53. The van der Waals surface area contributed by atoms with Crippen LogP contribution in [-0.2, 0) is 14.8 Å². The van der Waals surface area contributed by atoms with Crippen LogP contribution in [0.15, 0.2) is 53.4 Å². The Hall–Kier alpha value is -2.78. The third-order valence-electron chi connectivity index (χ3n) is 5.53. The number of aromatic amines is 1. The number of amides is 1. The zero-order chi connectivity index (χ0) is 21.1. The predicted molar refractivity (Wildman–Crippen MR) is 112 cm³/mol. The molecule has 0 radical (unpaired) electrons. The van der Waals surface area contributed by atoms with Crippen molar-refractivity contribution in [1.29, 1.82) is 0 Å². The quantitative estimate of drug-likeness (QED) is 0.557. The number of imidazole rings is 1. The number of sulfonamides is 1. The maximum atomic E-state index is 13.0. The number of rotatable bonds is 6. The van der Waals surface area contributed by atoms with Crippen LogP contribution in [0.4, 0.5) is 10.3 Å². The molecule has 3 aromatic rings. The fourth-order valence-electron chi connectivity index (χ4n) is 3.78. The van der Waals surface area contributed by atoms with Crippen LogP contribution >= 0.6 is 0 Å². The molecule has 2 aromatic carbocycles. The van der Waals surface area contributed by atoms with Gasteiger partial charge in [-0.25, -0.2) is 22.5 Å². The molecule has 1 aromatic heterocycles. The number of para-hydroxylation sites is 2. The van der Waals surface area contributed by atoms with E-state index in [9.17, 15) is 17.6 Å². The Bertz CT molecular complexity index is 1100. The summed E-state index contributed by atoms with van der Waals surface area (Å²) in [6.07, 6.45) is 2.89. The Morgan fingerprint density at radius 3 is 2.47 bits per heavy atom. The largest absolute Gasteiger partial charge is 0.324 e. The van der Waals surface area contributed by atoms with Crippen molar-refractivity contribution < 1.29 is 17.6 Å². The molecule has 0 unspecified atom stereocenters. The molecule has 1 amide bonds. The molecule has 0 bridgehead atoms. The second-order valence-electron chi connectivity index (χ2n) is 7.62. The van der Waals surface area contributed by atoms with E-state index in [1.165, 1.54) is 12.1 Å². The maximum Gasteiger partial charge on any atom is 0.240 e. The number of carbonyl (C=O) groups is 1. The van der Waals surface area contributed by atoms with Crippen LogP contribution < -0.4 is 10.0 Å². The molecule has 1 fully saturated rings. The fraction of sp³-hybridized carbons (Fsp3) is 0.333. The van der Waals surface area contributed by atoms with Crippen molar-refractivity contribution >= 4 is 32.9 Å². The highest BCUT2D eigenvalue weighted by molar-refractivity contribution is 7.89. The molecule has 0 spiro atoms. The van der Waals surface area contributed by atoms with Crippen LogP contribution in [0.1, 0.15) is 25.7 Å². The number of carbonyl (C=O) groups excluding carboxylic acids is 1. The minimum atomic E-state index is -3.67. The van der Waals surface area contributed by atoms with Crippen molar-refractivity contribution in [2.75, 3.05) is 11.9 Å². The number of H-pyrrole nitrogens is 1. The predicted octanol–water partition coefficient (Wildman–Crippen LogP) is 3.43. The third-order valence-corrected chi connectivity index (χ3v) is 6.97. The monoisotopic (exact) mass is 430 g/mol. The van der Waals surface area contributed by atoms with Gasteiger partial charge in [-0.1, -0.05) is 12.1 Å². The molecule has 1 saturated carbocycles. The SMILES string of the molecule is O=C(Nc1nc2ccccc2[nH]1)C1CCC(CNS(=O)(=O)c2ccc(F)cc2)CC1. The molecule has 3 N–H and O–H groups in total. The topological polar surface area (TPSA) is 104 Å². The highest BCUT2D eigenvalue weighted by Crippen LogP contribution is 2.29. The van der Waals surface area contributed by atoms with Crippen LogP contribution in [0.5, 0.6) is 0 Å². The van der Waals surface area contributed by atoms with Gasteiger partial charge < -0.3 is 4.98 Å². The molecule has 1 heterocycles. The number of aromatic nitrogens is 2. The molecule has 0 saturated heterocycles. The molecular formula is C21H23FN4O3S. The van der Waals surface area contributed by atoms with Gasteiger partial charge in [0.25, 0.3) is 0 Å². The molecule has 30 heavy (non-hydrogen) atoms. The summed E-state index contributed by atoms with van der Waals surface area (Å²) in [5, 5.41) is 2.85. The number of hydrogen-bond donors (Lipinski definition) is 3. The first kappa shape index (κ1) is 20.5. The first-order valence-electron chi connectivity index (χ1n) is 9.91. The zero-order valence-electron chi connectivity index (χ0n) is 16.3. The average Bonchev–Trinajstić information content (AvgIpc) is 3.15. The Kier molecular flexibility index (Phi) is 5.83. The molecule has 1 aliphatic rings. The summed E-state index contributed by atoms with van der Waals surface area (Å²) in [5.74, 6) is -0.0679. The van der Waals surface area contributed by atoms with Gasteiger partial charge >= 0.3 is 0 Å². The van der Waals surface area contributed by atoms with Gasteiger partial charge in [0.05, 0.1) is 15.9 Å². The molecule has 158 valence electrons. The highest BCUT2D eigenvalue weighted by Gasteiger charge is 2.28. The van der Waals surface area contributed by atoms with Crippen molar-refractivity contribution in [3.8, 4) is 0 Å². The minimum Gasteiger partial charge on any atom is -0.324 e. The zero-order valence-corrected chi connectivity index (χ0v) is 17.1. The van der Waals surface area contributed by atoms with Gasteiger partial charge in [-0.15, -0.1) is 0 Å². The van der Waals surface area contributed by atoms with E-state index in [0.717, 1.165) is 36.0 Å². The van der Waals surface area contributed by atoms with Crippen molar-refractivity contribution in [3.63, 3.8) is 0 Å². The Balaban J connectivity index is 1.27. The lowest BCUT2D eigenvalue weighted by Gasteiger charge is -2.27. The van der Waals surface area contributed by atoms with Crippen LogP contribution in [0.25, 0.3) is 11.0 Å². The maximum absolute atomic E-state index is 13.0. The molecule has 9 heteroatoms. The van der Waals surface area contributed by atoms with Gasteiger partial charge in [-0.3, -0.25) is 10.1 Å². The summed E-state index contributed by atoms with van der Waals surface area (Å²) in [6, 6.07) is 12.3. The molecule has 7 nitrogen and oxygen atoms in total. The van der Waals surface area contributed by atoms with E-state index in [2.05, 4.69) is 20.0 Å². The number of benzene rings is 2. The molecular weight excluding hydrogens is 407 g/mol. The molecule has 0 aliphatic heterocycles. The van der Waals surface area contributed by atoms with E-state index in [0.29, 0.717) is 25.3 Å². The van der Waals surface area contributed by atoms with Gasteiger partial charge in [0.1, 0.15) is 5.82 Å². The van der Waals surface area contributed by atoms with E-state index in [4.69, 9.17) is 0 Å². The number of hydrogen-bond acceptors (Lipinski definition) is 4. The standard InChI is InChI=1S/C21H23FN4O3S/c22-16-9-11-17(12-10-16)30(28,29)23-13-14-5-7-15(8-6-14)20(27)26-21-24-18-3-1-2-4-19(18)25-21/h1-4,9-12,14-15,23H,5-8,13H2,(H2,24,25,26,27). The Morgan fingerprint density at radius 1 is 1.07 bits per heavy atom. The Labute approximate surface area is 174 Å². The minimum absolute atomic E-state index is 0.0443. The molecule has 4 rings (SSSR count). The summed E-state index contributed by atoms with van der Waals surface area (Å²) in [4.78, 5) is 20.1. The molecule has 0 atom stereocenters. The summed E-state index contributed by atoms with van der Waals surface area (Å²) in [5.41, 5.74) is 1.66. The lowest BCUT2D eigenvalue weighted by molar-refractivity contribution is -0.121. The van der Waals surface area contributed by atoms with E-state index in [1.807, 2.05) is 24.3 Å². The number of anilines is 1. The van der Waals surface area contributed by atoms with E-state index < -0.39 is 15.8 Å². The highest BCUT2D eigenvalue weighted by atomic mass is 32.2. The normalized spacial score (nSPS) is 19.6. The number of fused-ring (bicyclic) bond motifs is 1. The first-order chi connectivity index (χ1) is 14.4. The van der Waals surface area contributed by atoms with E-state index in [1.54, 1.807) is 0 Å². The Morgan fingerprint density at radius 2 is 1.77 bits per heavy atom. The van der Waals surface area contributed by atoms with E-state index in [-0.39, 0.29) is 22.6 Å². The first-order valence-corrected chi connectivity index (χ1v) is 11.4. The van der Waals surface area contributed by atoms with Crippen molar-refractivity contribution in [3.05, 3.63) is 54.3 Å². The summed E-state index contributed by atoms with van der Waals surface area (Å²) in [7, 11) is -3.67. The summed E-state index contributed by atoms with van der Waals surface area (Å²) < 4.78 is 40.2. The lowest BCUT2D eigenvalue weighted by Crippen LogP contribution is -2.33. The van der Waals surface area contributed by atoms with Crippen molar-refractivity contribution in [1.82, 2.24) is 14.7 Å². The van der Waals surface area contributed by atoms with Crippen LogP contribution in [-0.4, -0.2) is 30.8 Å². The van der Waals surface area contributed by atoms with Gasteiger partial charge in [0, 0.05) is 12.5 Å². The van der Waals surface area contributed by atoms with Crippen LogP contribution in [0, 0.1) is 17.7 Å². The smallest absolute Gasteiger partial charge is 0.240 e. The van der Waals surface area contributed by atoms with Crippen LogP contribution in [0.2, 0.25) is 0 Å². The van der Waals surface area contributed by atoms with Gasteiger partial charge in [-0.2, -0.15) is 0 Å².